The van der Waals surface area contributed by atoms with Gasteiger partial charge in [-0.2, -0.15) is 0 Å². The summed E-state index contributed by atoms with van der Waals surface area (Å²) in [5.41, 5.74) is 1.38. The predicted octanol–water partition coefficient (Wildman–Crippen LogP) is 4.08. The number of carbonyl (C=O) groups is 3. The molecule has 3 amide bonds. The van der Waals surface area contributed by atoms with Crippen molar-refractivity contribution < 1.29 is 32.6 Å². The highest BCUT2D eigenvalue weighted by molar-refractivity contribution is 6.02. The number of benzene rings is 3. The fourth-order valence-corrected chi connectivity index (χ4v) is 4.88. The lowest BCUT2D eigenvalue weighted by atomic mass is 10.0. The van der Waals surface area contributed by atoms with Crippen LogP contribution in [0.25, 0.3) is 0 Å². The van der Waals surface area contributed by atoms with Crippen LogP contribution in [0.5, 0.6) is 11.5 Å². The van der Waals surface area contributed by atoms with E-state index in [1.54, 1.807) is 30.2 Å². The van der Waals surface area contributed by atoms with Crippen molar-refractivity contribution in [3.63, 3.8) is 0 Å². The Kier molecular flexibility index (Phi) is 8.19. The second-order valence-corrected chi connectivity index (χ2v) is 10.4. The fraction of sp³-hybridized carbons (Fsp3) is 0.323. The van der Waals surface area contributed by atoms with Crippen LogP contribution in [0.15, 0.2) is 66.7 Å². The first kappa shape index (κ1) is 28.1. The Morgan fingerprint density at radius 2 is 1.76 bits per heavy atom. The third-order valence-corrected chi connectivity index (χ3v) is 7.17. The summed E-state index contributed by atoms with van der Waals surface area (Å²) in [5, 5.41) is 5.36. The van der Waals surface area contributed by atoms with Crippen LogP contribution in [-0.2, 0) is 20.8 Å². The summed E-state index contributed by atoms with van der Waals surface area (Å²) in [7, 11) is 1.54. The minimum atomic E-state index is -1.11. The van der Waals surface area contributed by atoms with Gasteiger partial charge in [-0.05, 0) is 61.1 Å². The van der Waals surface area contributed by atoms with Crippen LogP contribution in [0.4, 0.5) is 14.5 Å². The van der Waals surface area contributed by atoms with Gasteiger partial charge in [0.2, 0.25) is 11.8 Å². The second kappa shape index (κ2) is 12.0. The van der Waals surface area contributed by atoms with E-state index in [1.807, 2.05) is 30.3 Å². The van der Waals surface area contributed by atoms with Crippen molar-refractivity contribution in [2.75, 3.05) is 18.6 Å². The Morgan fingerprint density at radius 3 is 2.41 bits per heavy atom. The lowest BCUT2D eigenvalue weighted by Crippen LogP contribution is -2.56. The molecule has 10 heteroatoms. The van der Waals surface area contributed by atoms with Gasteiger partial charge in [-0.15, -0.1) is 0 Å². The summed E-state index contributed by atoms with van der Waals surface area (Å²) in [5.74, 6) is -1.77. The molecule has 1 aliphatic heterocycles. The van der Waals surface area contributed by atoms with Crippen LogP contribution in [-0.4, -0.2) is 43.5 Å². The van der Waals surface area contributed by atoms with Crippen molar-refractivity contribution >= 4 is 23.4 Å². The SMILES string of the molecule is COc1ccc2c(c1)N(CC1CC1)C(=O)[C@@H](NC(=O)[C@H](C)NC(=O)Cc1cc(F)cc(F)c1)[C@@H](c1ccccc1)O2. The van der Waals surface area contributed by atoms with Gasteiger partial charge in [-0.3, -0.25) is 14.4 Å². The first-order valence-electron chi connectivity index (χ1n) is 13.5. The predicted molar refractivity (Wildman–Crippen MR) is 147 cm³/mol. The smallest absolute Gasteiger partial charge is 0.253 e. The number of rotatable bonds is 9. The third-order valence-electron chi connectivity index (χ3n) is 7.17. The molecule has 1 saturated carbocycles. The molecule has 3 aromatic rings. The van der Waals surface area contributed by atoms with Gasteiger partial charge in [0.15, 0.2) is 6.10 Å². The van der Waals surface area contributed by atoms with Crippen molar-refractivity contribution in [3.05, 3.63) is 89.5 Å². The number of anilines is 1. The monoisotopic (exact) mass is 563 g/mol. The molecule has 0 saturated heterocycles. The maximum Gasteiger partial charge on any atom is 0.253 e. The number of ether oxygens (including phenoxy) is 2. The van der Waals surface area contributed by atoms with Crippen molar-refractivity contribution in [2.24, 2.45) is 5.92 Å². The van der Waals surface area contributed by atoms with Crippen LogP contribution in [0.3, 0.4) is 0 Å². The first-order valence-corrected chi connectivity index (χ1v) is 13.5. The molecule has 1 heterocycles. The maximum absolute atomic E-state index is 14.2. The number of fused-ring (bicyclic) bond motifs is 1. The van der Waals surface area contributed by atoms with Crippen LogP contribution in [0.1, 0.15) is 37.0 Å². The summed E-state index contributed by atoms with van der Waals surface area (Å²) in [6.07, 6.45) is 0.821. The Bertz CT molecular complexity index is 1430. The molecule has 0 aromatic heterocycles. The molecule has 1 aliphatic carbocycles. The molecule has 3 atom stereocenters. The molecule has 214 valence electrons. The second-order valence-electron chi connectivity index (χ2n) is 10.4. The quantitative estimate of drug-likeness (QED) is 0.409. The Balaban J connectivity index is 1.40. The maximum atomic E-state index is 14.2. The molecule has 0 bridgehead atoms. The van der Waals surface area contributed by atoms with Crippen molar-refractivity contribution in [2.45, 2.75) is 44.4 Å². The number of carbonyl (C=O) groups excluding carboxylic acids is 3. The standard InChI is InChI=1S/C31H31F2N3O5/c1-18(34-27(37)14-20-12-22(32)15-23(33)13-20)30(38)35-28-29(21-6-4-3-5-7-21)41-26-11-10-24(40-2)16-25(26)36(31(28)39)17-19-8-9-19/h3-7,10-13,15-16,18-19,28-29H,8-9,14,17H2,1-2H3,(H,34,37)(H,35,38)/t18-,28-,29+/m0/s1. The largest absolute Gasteiger partial charge is 0.497 e. The number of halogens is 2. The van der Waals surface area contributed by atoms with Crippen LogP contribution in [0, 0.1) is 17.6 Å². The van der Waals surface area contributed by atoms with Gasteiger partial charge in [-0.1, -0.05) is 30.3 Å². The third kappa shape index (κ3) is 6.65. The van der Waals surface area contributed by atoms with Gasteiger partial charge >= 0.3 is 0 Å². The number of nitrogens with zero attached hydrogens (tertiary/aromatic N) is 1. The molecule has 0 unspecified atom stereocenters. The molecule has 5 rings (SSSR count). The molecule has 2 N–H and O–H groups in total. The molecular formula is C31H31F2N3O5. The number of nitrogens with one attached hydrogen (secondary N) is 2. The van der Waals surface area contributed by atoms with Gasteiger partial charge < -0.3 is 25.0 Å². The first-order chi connectivity index (χ1) is 19.7. The van der Waals surface area contributed by atoms with E-state index < -0.39 is 41.6 Å². The normalized spacial score (nSPS) is 18.9. The number of methoxy groups -OCH3 is 1. The minimum absolute atomic E-state index is 0.132. The number of hydrogen-bond donors (Lipinski definition) is 2. The Hall–Kier alpha value is -4.47. The van der Waals surface area contributed by atoms with E-state index >= 15 is 0 Å². The molecule has 3 aromatic carbocycles. The summed E-state index contributed by atoms with van der Waals surface area (Å²) in [6.45, 7) is 1.94. The van der Waals surface area contributed by atoms with Gasteiger partial charge in [-0.25, -0.2) is 8.78 Å². The molecule has 41 heavy (non-hydrogen) atoms. The molecule has 2 aliphatic rings. The lowest BCUT2D eigenvalue weighted by molar-refractivity contribution is -0.132. The van der Waals surface area contributed by atoms with Crippen molar-refractivity contribution in [1.29, 1.82) is 0 Å². The van der Waals surface area contributed by atoms with Gasteiger partial charge in [0.25, 0.3) is 5.91 Å². The minimum Gasteiger partial charge on any atom is -0.497 e. The van der Waals surface area contributed by atoms with Gasteiger partial charge in [0.1, 0.15) is 35.2 Å². The zero-order chi connectivity index (χ0) is 29.1. The molecule has 0 spiro atoms. The van der Waals surface area contributed by atoms with E-state index in [0.29, 0.717) is 41.3 Å². The summed E-state index contributed by atoms with van der Waals surface area (Å²) >= 11 is 0. The Morgan fingerprint density at radius 1 is 1.05 bits per heavy atom. The van der Waals surface area contributed by atoms with E-state index in [-0.39, 0.29) is 17.9 Å². The summed E-state index contributed by atoms with van der Waals surface area (Å²) in [6, 6.07) is 15.0. The van der Waals surface area contributed by atoms with E-state index in [0.717, 1.165) is 25.0 Å². The average molecular weight is 564 g/mol. The molecule has 0 radical (unpaired) electrons. The fourth-order valence-electron chi connectivity index (χ4n) is 4.88. The number of amides is 3. The molecular weight excluding hydrogens is 532 g/mol. The van der Waals surface area contributed by atoms with Crippen LogP contribution >= 0.6 is 0 Å². The highest BCUT2D eigenvalue weighted by atomic mass is 19.1. The van der Waals surface area contributed by atoms with E-state index in [2.05, 4.69) is 10.6 Å². The van der Waals surface area contributed by atoms with Crippen LogP contribution in [0.2, 0.25) is 0 Å². The topological polar surface area (TPSA) is 97.0 Å². The zero-order valence-corrected chi connectivity index (χ0v) is 22.7. The van der Waals surface area contributed by atoms with Crippen LogP contribution < -0.4 is 25.0 Å². The summed E-state index contributed by atoms with van der Waals surface area (Å²) < 4.78 is 38.9. The van der Waals surface area contributed by atoms with Gasteiger partial charge in [0.05, 0.1) is 19.2 Å². The highest BCUT2D eigenvalue weighted by Gasteiger charge is 2.42. The van der Waals surface area contributed by atoms with Crippen molar-refractivity contribution in [1.82, 2.24) is 10.6 Å². The van der Waals surface area contributed by atoms with E-state index in [9.17, 15) is 23.2 Å². The number of hydrogen-bond acceptors (Lipinski definition) is 5. The van der Waals surface area contributed by atoms with Gasteiger partial charge in [0, 0.05) is 18.7 Å². The molecule has 1 fully saturated rings. The van der Waals surface area contributed by atoms with Crippen molar-refractivity contribution in [3.8, 4) is 11.5 Å². The van der Waals surface area contributed by atoms with E-state index in [1.165, 1.54) is 6.92 Å². The average Bonchev–Trinajstić information content (AvgIpc) is 3.78. The zero-order valence-electron chi connectivity index (χ0n) is 22.7. The lowest BCUT2D eigenvalue weighted by Gasteiger charge is -2.29. The Labute approximate surface area is 236 Å². The summed E-state index contributed by atoms with van der Waals surface area (Å²) in [4.78, 5) is 41.8. The van der Waals surface area contributed by atoms with E-state index in [4.69, 9.17) is 9.47 Å². The highest BCUT2D eigenvalue weighted by Crippen LogP contribution is 2.42. The molecule has 8 nitrogen and oxygen atoms in total.